The van der Waals surface area contributed by atoms with E-state index in [2.05, 4.69) is 10.6 Å². The van der Waals surface area contributed by atoms with Crippen LogP contribution in [0.3, 0.4) is 0 Å². The predicted octanol–water partition coefficient (Wildman–Crippen LogP) is -17.3. The van der Waals surface area contributed by atoms with Crippen molar-refractivity contribution in [2.24, 2.45) is 0 Å². The molecule has 598 valence electrons. The Kier molecular flexibility index (Phi) is 29.5. The highest BCUT2D eigenvalue weighted by molar-refractivity contribution is 5.73. The first-order valence-electron chi connectivity index (χ1n) is 33.2. The second kappa shape index (κ2) is 36.0. The molecule has 2 amide bonds. The molecule has 0 aromatic rings. The summed E-state index contributed by atoms with van der Waals surface area (Å²) in [5.74, 6) is -1.94. The van der Waals surface area contributed by atoms with Crippen molar-refractivity contribution in [1.82, 2.24) is 10.6 Å². The van der Waals surface area contributed by atoms with Crippen molar-refractivity contribution in [2.45, 2.75) is 311 Å². The maximum Gasteiger partial charge on any atom is 0.217 e. The molecule has 45 atom stereocenters. The van der Waals surface area contributed by atoms with E-state index in [1.165, 1.54) is 20.8 Å². The van der Waals surface area contributed by atoms with E-state index in [9.17, 15) is 132 Å². The SMILES string of the molecule is CC(=O)N[C@@H]1[C@@H](O[C@@H]2O[C@@H](C)[C@@H](O)[C@@H](O)[C@@H]2O)[C@H](O[C@@H]2O[C@H](CO)[C@@H](O[C@@H]3O[C@H](CO)[C@@H](O[C@@H]4O[C@H](CO)[C@H](O)[C@H](O)[C@H]4O)[C@H](O[C@H]4O[C@H](CO)[C@@H](O)[C@H](O)[C@@H]4O)[C@@H]3O)[C@H](O[C@@H]3O[C@@H](C)[C@@H](O)[C@@H](O)[C@@H]3O)[C@H]2NC(C)=O)[C@@H](CO[C@@H]2O[C@@H](C)[C@@H](O[C@@H]3O[C@H](CO)[C@H](O)[C@H](O)[C@H]3O)[C@@H](O)[C@@H]2O)O[C@H]1O. The summed E-state index contributed by atoms with van der Waals surface area (Å²) >= 11 is 0. The summed E-state index contributed by atoms with van der Waals surface area (Å²) in [6.45, 7) is -0.738. The second-order valence-electron chi connectivity index (χ2n) is 26.6. The van der Waals surface area contributed by atoms with Crippen LogP contribution in [0.5, 0.6) is 0 Å². The third-order valence-corrected chi connectivity index (χ3v) is 19.4. The molecular weight excluding hydrogens is 1410 g/mol. The Morgan fingerprint density at radius 2 is 0.563 bits per heavy atom. The van der Waals surface area contributed by atoms with Crippen molar-refractivity contribution >= 4 is 11.8 Å². The molecule has 0 aromatic heterocycles. The van der Waals surface area contributed by atoms with E-state index < -0.39 is 328 Å². The van der Waals surface area contributed by atoms with Crippen molar-refractivity contribution in [1.29, 1.82) is 0 Å². The smallest absolute Gasteiger partial charge is 0.217 e. The molecule has 9 aliphatic rings. The molecule has 0 aliphatic carbocycles. The van der Waals surface area contributed by atoms with Crippen LogP contribution in [0.15, 0.2) is 0 Å². The third kappa shape index (κ3) is 18.0. The number of carbonyl (C=O) groups is 2. The lowest BCUT2D eigenvalue weighted by Crippen LogP contribution is -2.72. The van der Waals surface area contributed by atoms with Gasteiger partial charge in [-0.05, 0) is 20.8 Å². The lowest BCUT2D eigenvalue weighted by molar-refractivity contribution is -0.406. The molecule has 0 unspecified atom stereocenters. The summed E-state index contributed by atoms with van der Waals surface area (Å²) in [7, 11) is 0. The van der Waals surface area contributed by atoms with E-state index >= 15 is 0 Å². The molecule has 0 bridgehead atoms. The lowest BCUT2D eigenvalue weighted by Gasteiger charge is -2.53. The highest BCUT2D eigenvalue weighted by atomic mass is 16.8. The average Bonchev–Trinajstić information content (AvgIpc) is 0.759. The van der Waals surface area contributed by atoms with Gasteiger partial charge in [-0.1, -0.05) is 0 Å². The Labute approximate surface area is 584 Å². The van der Waals surface area contributed by atoms with Gasteiger partial charge in [-0.15, -0.1) is 0 Å². The van der Waals surface area contributed by atoms with Crippen molar-refractivity contribution < 1.29 is 213 Å². The first-order valence-corrected chi connectivity index (χ1v) is 33.2. The minimum absolute atomic E-state index is 0.866. The molecule has 45 nitrogen and oxygen atoms in total. The predicted molar refractivity (Wildman–Crippen MR) is 316 cm³/mol. The molecule has 103 heavy (non-hydrogen) atoms. The van der Waals surface area contributed by atoms with E-state index in [4.69, 9.17) is 80.5 Å². The molecule has 9 saturated heterocycles. The first-order chi connectivity index (χ1) is 48.6. The molecule has 0 saturated carbocycles. The summed E-state index contributed by atoms with van der Waals surface area (Å²) in [5, 5.41) is 268. The van der Waals surface area contributed by atoms with E-state index in [0.29, 0.717) is 0 Å². The van der Waals surface area contributed by atoms with Crippen molar-refractivity contribution in [3.63, 3.8) is 0 Å². The largest absolute Gasteiger partial charge is 0.394 e. The van der Waals surface area contributed by atoms with Gasteiger partial charge >= 0.3 is 0 Å². The molecule has 9 heterocycles. The number of rotatable bonds is 24. The minimum atomic E-state index is -2.49. The normalized spacial score (nSPS) is 52.3. The first kappa shape index (κ1) is 84.3. The molecule has 45 heteroatoms. The fourth-order valence-electron chi connectivity index (χ4n) is 13.5. The van der Waals surface area contributed by atoms with E-state index in [0.717, 1.165) is 13.8 Å². The number of hydrogen-bond acceptors (Lipinski definition) is 43. The summed E-state index contributed by atoms with van der Waals surface area (Å²) in [6, 6.07) is -3.98. The lowest BCUT2D eigenvalue weighted by atomic mass is 9.92. The topological polar surface area (TPSA) is 701 Å². The van der Waals surface area contributed by atoms with Crippen LogP contribution < -0.4 is 10.6 Å². The molecule has 9 rings (SSSR count). The zero-order valence-electron chi connectivity index (χ0n) is 55.7. The van der Waals surface area contributed by atoms with E-state index in [1.54, 1.807) is 0 Å². The summed E-state index contributed by atoms with van der Waals surface area (Å²) in [6.07, 6.45) is -85.9. The fraction of sp³-hybridized carbons (Fsp3) is 0.966. The molecule has 26 N–H and O–H groups in total. The fourth-order valence-corrected chi connectivity index (χ4v) is 13.5. The van der Waals surface area contributed by atoms with Gasteiger partial charge in [0, 0.05) is 13.8 Å². The van der Waals surface area contributed by atoms with Gasteiger partial charge in [-0.3, -0.25) is 9.59 Å². The number of ether oxygens (including phenoxy) is 17. The molecule has 9 aliphatic heterocycles. The minimum Gasteiger partial charge on any atom is -0.394 e. The van der Waals surface area contributed by atoms with Gasteiger partial charge in [-0.2, -0.15) is 0 Å². The van der Waals surface area contributed by atoms with Crippen LogP contribution in [0.2, 0.25) is 0 Å². The summed E-state index contributed by atoms with van der Waals surface area (Å²) in [4.78, 5) is 26.9. The van der Waals surface area contributed by atoms with Crippen LogP contribution in [0.1, 0.15) is 34.6 Å². The third-order valence-electron chi connectivity index (χ3n) is 19.4. The summed E-state index contributed by atoms with van der Waals surface area (Å²) in [5.41, 5.74) is 0. The molecule has 0 aromatic carbocycles. The van der Waals surface area contributed by atoms with Gasteiger partial charge in [0.25, 0.3) is 0 Å². The van der Waals surface area contributed by atoms with Crippen LogP contribution >= 0.6 is 0 Å². The van der Waals surface area contributed by atoms with Crippen LogP contribution in [-0.2, 0) is 90.1 Å². The monoisotopic (exact) mass is 1510 g/mol. The molecule has 0 spiro atoms. The number of aliphatic hydroxyl groups is 24. The van der Waals surface area contributed by atoms with Crippen LogP contribution in [0.4, 0.5) is 0 Å². The van der Waals surface area contributed by atoms with E-state index in [-0.39, 0.29) is 0 Å². The number of amides is 2. The summed E-state index contributed by atoms with van der Waals surface area (Å²) < 4.78 is 102. The average molecular weight is 1510 g/mol. The van der Waals surface area contributed by atoms with Gasteiger partial charge in [0.05, 0.1) is 58.0 Å². The van der Waals surface area contributed by atoms with Crippen molar-refractivity contribution in [3.8, 4) is 0 Å². The van der Waals surface area contributed by atoms with Crippen LogP contribution in [0, 0.1) is 0 Å². The Balaban J connectivity index is 1.10. The van der Waals surface area contributed by atoms with Crippen LogP contribution in [-0.4, -0.2) is 450 Å². The number of aliphatic hydroxyl groups excluding tert-OH is 24. The van der Waals surface area contributed by atoms with Gasteiger partial charge < -0.3 is 214 Å². The van der Waals surface area contributed by atoms with Crippen molar-refractivity contribution in [2.75, 3.05) is 39.6 Å². The Hall–Kier alpha value is -2.70. The Morgan fingerprint density at radius 1 is 0.272 bits per heavy atom. The van der Waals surface area contributed by atoms with Gasteiger partial charge in [0.2, 0.25) is 11.8 Å². The Bertz CT molecular complexity index is 2650. The number of carbonyl (C=O) groups excluding carboxylic acids is 2. The zero-order chi connectivity index (χ0) is 75.8. The van der Waals surface area contributed by atoms with Crippen molar-refractivity contribution in [3.05, 3.63) is 0 Å². The standard InChI is InChI=1S/C58H98N2O43/c1-12-25(68)30(73)36(79)53(88-12)101-47-23(59-15(4)66)50(86)91-22(11-87-52-41(84)35(78)43(14(3)90-52)97-55-38(81)32(75)27(70)17(6-61)92-55)46(47)98-51-24(60-16(5)67)48(102-54-37(80)31(74)26(69)13(2)89-54)44(20(9-64)95-51)99-58-42(85)49(103-57-40(83)34(77)29(72)19(8-63)94-57)45(21(10-65)96-58)100-56-39(82)33(76)28(71)18(7-62)93-56/h12-14,17-58,61-65,68-86H,6-11H2,1-5H3,(H,59,66)(H,60,67)/t12-,13-,14-,17+,18+,19+,20+,21+,22+,23+,24+,25+,26+,27-,28-,29+,30+,31+,32-,33-,34-,35-,36-,37-,38+,39+,40-,41-,42-,43+,44+,45+,46+,47+,48+,49+,50+,51-,52+,53-,54-,55-,56-,57+,58-/m0/s1. The number of hydrogen-bond donors (Lipinski definition) is 26. The van der Waals surface area contributed by atoms with Gasteiger partial charge in [-0.25, -0.2) is 0 Å². The number of nitrogens with one attached hydrogen (secondary N) is 2. The van der Waals surface area contributed by atoms with Gasteiger partial charge in [0.15, 0.2) is 56.6 Å². The van der Waals surface area contributed by atoms with E-state index in [1.807, 2.05) is 0 Å². The molecule has 0 radical (unpaired) electrons. The quantitative estimate of drug-likeness (QED) is 0.0427. The molecular formula is C58H98N2O43. The van der Waals surface area contributed by atoms with Gasteiger partial charge in [0.1, 0.15) is 201 Å². The molecule has 9 fully saturated rings. The Morgan fingerprint density at radius 3 is 0.981 bits per heavy atom. The highest BCUT2D eigenvalue weighted by Crippen LogP contribution is 2.41. The zero-order valence-corrected chi connectivity index (χ0v) is 55.7. The maximum absolute atomic E-state index is 13.8. The maximum atomic E-state index is 13.8. The second-order valence-corrected chi connectivity index (χ2v) is 26.6. The van der Waals surface area contributed by atoms with Crippen LogP contribution in [0.25, 0.3) is 0 Å². The highest BCUT2D eigenvalue weighted by Gasteiger charge is 2.61.